The lowest BCUT2D eigenvalue weighted by atomic mass is 10.1. The van der Waals surface area contributed by atoms with Gasteiger partial charge >= 0.3 is 0 Å². The van der Waals surface area contributed by atoms with E-state index in [0.717, 1.165) is 0 Å². The Kier molecular flexibility index (Phi) is 6.63. The summed E-state index contributed by atoms with van der Waals surface area (Å²) in [4.78, 5) is 0.199. The van der Waals surface area contributed by atoms with Crippen molar-refractivity contribution < 1.29 is 26.3 Å². The zero-order chi connectivity index (χ0) is 24.3. The molecule has 8 heteroatoms. The third-order valence-electron chi connectivity index (χ3n) is 5.54. The zero-order valence-corrected chi connectivity index (χ0v) is 20.4. The Bertz CT molecular complexity index is 1400. The first-order valence-corrected chi connectivity index (χ1v) is 13.8. The van der Waals surface area contributed by atoms with E-state index < -0.39 is 19.7 Å². The summed E-state index contributed by atoms with van der Waals surface area (Å²) in [6.07, 6.45) is 0. The third-order valence-corrected chi connectivity index (χ3v) is 9.02. The summed E-state index contributed by atoms with van der Waals surface area (Å²) in [5, 5.41) is 0.763. The van der Waals surface area contributed by atoms with Gasteiger partial charge in [0.25, 0.3) is 0 Å². The Hall–Kier alpha value is -3.36. The molecule has 0 amide bonds. The molecule has 0 N–H and O–H groups in total. The molecule has 0 saturated carbocycles. The van der Waals surface area contributed by atoms with E-state index in [9.17, 15) is 16.8 Å². The van der Waals surface area contributed by atoms with E-state index in [1.807, 2.05) is 0 Å². The summed E-state index contributed by atoms with van der Waals surface area (Å²) >= 11 is 0. The van der Waals surface area contributed by atoms with Gasteiger partial charge in [-0.2, -0.15) is 0 Å². The number of fused-ring (bicyclic) bond motifs is 1. The molecule has 0 bridgehead atoms. The van der Waals surface area contributed by atoms with E-state index in [1.165, 1.54) is 12.1 Å². The van der Waals surface area contributed by atoms with Crippen molar-refractivity contribution in [2.24, 2.45) is 0 Å². The Balaban J connectivity index is 1.72. The molecule has 0 aliphatic heterocycles. The minimum absolute atomic E-state index is 0.0994. The molecule has 4 rings (SSSR count). The minimum Gasteiger partial charge on any atom is -0.497 e. The van der Waals surface area contributed by atoms with Gasteiger partial charge in [0, 0.05) is 10.8 Å². The molecule has 176 valence electrons. The molecule has 0 aromatic heterocycles. The third kappa shape index (κ3) is 4.93. The predicted octanol–water partition coefficient (Wildman–Crippen LogP) is 4.80. The molecule has 4 aromatic rings. The fourth-order valence-corrected chi connectivity index (χ4v) is 7.00. The smallest absolute Gasteiger partial charge is 0.183 e. The Morgan fingerprint density at radius 2 is 0.882 bits per heavy atom. The Morgan fingerprint density at radius 3 is 1.21 bits per heavy atom. The van der Waals surface area contributed by atoms with Crippen LogP contribution >= 0.6 is 0 Å². The summed E-state index contributed by atoms with van der Waals surface area (Å²) in [5.74, 6) is 0.855. The van der Waals surface area contributed by atoms with Crippen LogP contribution in [0.1, 0.15) is 11.1 Å². The molecule has 0 saturated heterocycles. The highest BCUT2D eigenvalue weighted by atomic mass is 32.2. The highest BCUT2D eigenvalue weighted by Gasteiger charge is 2.23. The van der Waals surface area contributed by atoms with Crippen molar-refractivity contribution in [2.75, 3.05) is 14.2 Å². The number of methoxy groups -OCH3 is 2. The van der Waals surface area contributed by atoms with Crippen LogP contribution in [0, 0.1) is 0 Å². The fraction of sp³-hybridized carbons (Fsp3) is 0.154. The number of benzene rings is 4. The second kappa shape index (κ2) is 9.48. The topological polar surface area (TPSA) is 86.7 Å². The van der Waals surface area contributed by atoms with Crippen molar-refractivity contribution in [2.45, 2.75) is 21.3 Å². The first-order chi connectivity index (χ1) is 16.2. The monoisotopic (exact) mass is 496 g/mol. The molecule has 0 aliphatic rings. The minimum atomic E-state index is -3.74. The van der Waals surface area contributed by atoms with Crippen LogP contribution in [0.25, 0.3) is 10.8 Å². The molecule has 0 atom stereocenters. The average molecular weight is 497 g/mol. The zero-order valence-electron chi connectivity index (χ0n) is 18.8. The lowest BCUT2D eigenvalue weighted by Gasteiger charge is -2.12. The molecule has 0 radical (unpaired) electrons. The van der Waals surface area contributed by atoms with Crippen LogP contribution in [-0.4, -0.2) is 31.1 Å². The van der Waals surface area contributed by atoms with Crippen molar-refractivity contribution in [1.82, 2.24) is 0 Å². The summed E-state index contributed by atoms with van der Waals surface area (Å²) < 4.78 is 63.4. The van der Waals surface area contributed by atoms with Crippen LogP contribution in [-0.2, 0) is 31.2 Å². The maximum Gasteiger partial charge on any atom is 0.183 e. The fourth-order valence-electron chi connectivity index (χ4n) is 3.83. The van der Waals surface area contributed by atoms with Gasteiger partial charge < -0.3 is 9.47 Å². The number of rotatable bonds is 8. The second-order valence-corrected chi connectivity index (χ2v) is 11.7. The van der Waals surface area contributed by atoms with E-state index >= 15 is 0 Å². The van der Waals surface area contributed by atoms with E-state index in [-0.39, 0.29) is 21.3 Å². The van der Waals surface area contributed by atoms with Gasteiger partial charge in [0.05, 0.1) is 35.5 Å². The quantitative estimate of drug-likeness (QED) is 0.348. The van der Waals surface area contributed by atoms with Gasteiger partial charge in [-0.05, 0) is 47.5 Å². The van der Waals surface area contributed by atoms with Crippen molar-refractivity contribution in [3.05, 3.63) is 96.1 Å². The predicted molar refractivity (Wildman–Crippen MR) is 132 cm³/mol. The molecule has 0 spiro atoms. The van der Waals surface area contributed by atoms with E-state index in [0.29, 0.717) is 33.4 Å². The van der Waals surface area contributed by atoms with Gasteiger partial charge in [-0.3, -0.25) is 0 Å². The van der Waals surface area contributed by atoms with Crippen LogP contribution in [0.4, 0.5) is 0 Å². The van der Waals surface area contributed by atoms with Gasteiger partial charge in [-0.15, -0.1) is 0 Å². The first-order valence-electron chi connectivity index (χ1n) is 10.5. The Morgan fingerprint density at radius 1 is 0.529 bits per heavy atom. The first kappa shape index (κ1) is 23.8. The van der Waals surface area contributed by atoms with Gasteiger partial charge in [0.1, 0.15) is 11.5 Å². The van der Waals surface area contributed by atoms with Gasteiger partial charge in [-0.25, -0.2) is 16.8 Å². The summed E-state index contributed by atoms with van der Waals surface area (Å²) in [7, 11) is -4.39. The van der Waals surface area contributed by atoms with Crippen LogP contribution in [0.15, 0.2) is 94.7 Å². The lowest BCUT2D eigenvalue weighted by Crippen LogP contribution is -2.08. The van der Waals surface area contributed by atoms with Gasteiger partial charge in [-0.1, -0.05) is 48.5 Å². The lowest BCUT2D eigenvalue weighted by molar-refractivity contribution is 0.414. The van der Waals surface area contributed by atoms with Crippen molar-refractivity contribution in [3.63, 3.8) is 0 Å². The summed E-state index contributed by atoms with van der Waals surface area (Å²) in [5.41, 5.74) is 1.22. The molecule has 0 fully saturated rings. The highest BCUT2D eigenvalue weighted by Crippen LogP contribution is 2.32. The van der Waals surface area contributed by atoms with E-state index in [4.69, 9.17) is 9.47 Å². The Labute approximate surface area is 199 Å². The number of ether oxygens (including phenoxy) is 2. The van der Waals surface area contributed by atoms with Crippen molar-refractivity contribution in [1.29, 1.82) is 0 Å². The van der Waals surface area contributed by atoms with Crippen LogP contribution < -0.4 is 9.47 Å². The molecule has 34 heavy (non-hydrogen) atoms. The maximum absolute atomic E-state index is 13.3. The normalized spacial score (nSPS) is 11.9. The van der Waals surface area contributed by atoms with Crippen molar-refractivity contribution in [3.8, 4) is 11.5 Å². The van der Waals surface area contributed by atoms with E-state index in [2.05, 4.69) is 0 Å². The molecule has 0 unspecified atom stereocenters. The average Bonchev–Trinajstić information content (AvgIpc) is 2.83. The molecule has 0 aliphatic carbocycles. The molecule has 6 nitrogen and oxygen atoms in total. The van der Waals surface area contributed by atoms with Crippen LogP contribution in [0.5, 0.6) is 11.5 Å². The molecule has 0 heterocycles. The highest BCUT2D eigenvalue weighted by molar-refractivity contribution is 7.91. The summed E-state index contributed by atoms with van der Waals surface area (Å²) in [6, 6.07) is 23.1. The van der Waals surface area contributed by atoms with Crippen LogP contribution in [0.3, 0.4) is 0 Å². The second-order valence-electron chi connectivity index (χ2n) is 7.82. The van der Waals surface area contributed by atoms with E-state index in [1.54, 1.807) is 87.0 Å². The summed E-state index contributed by atoms with van der Waals surface area (Å²) in [6.45, 7) is 0. The number of hydrogen-bond acceptors (Lipinski definition) is 6. The number of sulfone groups is 2. The maximum atomic E-state index is 13.3. The SMILES string of the molecule is COc1ccc(CS(=O)(=O)c2cccc3c(S(=O)(=O)Cc4ccc(OC)cc4)cccc23)cc1. The number of hydrogen-bond donors (Lipinski definition) is 0. The molecular weight excluding hydrogens is 472 g/mol. The van der Waals surface area contributed by atoms with Crippen molar-refractivity contribution >= 4 is 30.4 Å². The standard InChI is InChI=1S/C26H24O6S2/c1-31-21-13-9-19(10-14-21)17-33(27,28)25-7-3-6-24-23(25)5-4-8-26(24)34(29,30)18-20-11-15-22(32-2)16-12-20/h3-16H,17-18H2,1-2H3. The molecular formula is C26H24O6S2. The molecule has 4 aromatic carbocycles. The van der Waals surface area contributed by atoms with Crippen LogP contribution in [0.2, 0.25) is 0 Å². The van der Waals surface area contributed by atoms with Gasteiger partial charge in [0.2, 0.25) is 0 Å². The largest absolute Gasteiger partial charge is 0.497 e. The van der Waals surface area contributed by atoms with Gasteiger partial charge in [0.15, 0.2) is 19.7 Å².